The zero-order valence-electron chi connectivity index (χ0n) is 47.3. The molecule has 1 heterocycles. The molecule has 81 heavy (non-hydrogen) atoms. The van der Waals surface area contributed by atoms with E-state index in [4.69, 9.17) is 22.9 Å². The van der Waals surface area contributed by atoms with Crippen molar-refractivity contribution in [3.63, 3.8) is 0 Å². The number of unbranched alkanes of at least 4 members (excludes halogenated alkanes) is 4. The second-order valence-electron chi connectivity index (χ2n) is 21.2. The van der Waals surface area contributed by atoms with Gasteiger partial charge in [-0.3, -0.25) is 43.2 Å². The number of fused-ring (bicyclic) bond motifs is 1. The third-order valence-corrected chi connectivity index (χ3v) is 14.0. The molecular weight excluding hydrogens is 1040 g/mol. The molecule has 0 spiro atoms. The Morgan fingerprint density at radius 1 is 0.580 bits per heavy atom. The minimum Gasteiger partial charge on any atom is -0.393 e. The molecule has 4 rings (SSSR count). The van der Waals surface area contributed by atoms with Gasteiger partial charge in [0.15, 0.2) is 0 Å². The fraction of sp³-hybridized carbons (Fsp3) is 0.569. The number of benzene rings is 3. The van der Waals surface area contributed by atoms with E-state index in [-0.39, 0.29) is 96.4 Å². The van der Waals surface area contributed by atoms with E-state index in [1.54, 1.807) is 36.4 Å². The number of amides is 9. The Bertz CT molecular complexity index is 2510. The summed E-state index contributed by atoms with van der Waals surface area (Å²) >= 11 is 0. The maximum absolute atomic E-state index is 14.6. The Hall–Kier alpha value is -7.05. The van der Waals surface area contributed by atoms with Crippen molar-refractivity contribution >= 4 is 63.9 Å². The lowest BCUT2D eigenvalue weighted by atomic mass is 9.98. The number of aliphatic hydroxyl groups is 1. The van der Waals surface area contributed by atoms with E-state index in [1.165, 1.54) is 0 Å². The molecule has 0 saturated carbocycles. The fourth-order valence-corrected chi connectivity index (χ4v) is 9.59. The van der Waals surface area contributed by atoms with Crippen LogP contribution in [0, 0.1) is 5.92 Å². The van der Waals surface area contributed by atoms with E-state index in [2.05, 4.69) is 54.8 Å². The molecule has 18 N–H and O–H groups in total. The van der Waals surface area contributed by atoms with E-state index in [9.17, 15) is 48.3 Å². The number of aliphatic hydroxyl groups excluding tert-OH is 1. The van der Waals surface area contributed by atoms with Gasteiger partial charge < -0.3 is 75.9 Å². The molecule has 0 bridgehead atoms. The Labute approximate surface area is 475 Å². The minimum absolute atomic E-state index is 0.0488. The first-order chi connectivity index (χ1) is 38.9. The van der Waals surface area contributed by atoms with Crippen LogP contribution in [0.15, 0.2) is 72.8 Å². The molecule has 0 aliphatic carbocycles. The molecule has 0 unspecified atom stereocenters. The Morgan fingerprint density at radius 3 is 1.69 bits per heavy atom. The number of rotatable bonds is 25. The molecule has 1 fully saturated rings. The predicted molar refractivity (Wildman–Crippen MR) is 309 cm³/mol. The van der Waals surface area contributed by atoms with Crippen LogP contribution in [0.1, 0.15) is 115 Å². The second kappa shape index (κ2) is 35.6. The van der Waals surface area contributed by atoms with E-state index < -0.39 is 108 Å². The summed E-state index contributed by atoms with van der Waals surface area (Å²) in [4.78, 5) is 128. The first kappa shape index (κ1) is 66.5. The standard InChI is InChI=1S/C58H89N13O10/c1-4-5-6-7-11-20-40(72)35-50(73)64-42(22-27-59)52(75)68-46-26-31-63-51(74)49(34-39-19-14-18-38-17-12-13-21-41(38)39)71-55(78)45(25-30-62)65-53(76)43(23-28-60)67-57(80)47(32-36(2)3)69-58(81)48(33-37-15-9-8-10-16-37)70-54(77)44(24-29-61)66-56(46)79/h8-10,12-19,21,36,40,42-49,72H,4-7,11,20,22-35,59-62H2,1-3H3,(H,63,74)(H,64,73)(H,65,76)(H,66,79)(H,67,80)(H,68,75)(H,69,81)(H,70,77)(H,71,78)/t40-,42-,43+,44+,45+,46+,47+,48-,49+/m1/s1. The van der Waals surface area contributed by atoms with Gasteiger partial charge in [-0.05, 0) is 98.9 Å². The van der Waals surface area contributed by atoms with Crippen LogP contribution in [0.2, 0.25) is 0 Å². The third kappa shape index (κ3) is 22.8. The van der Waals surface area contributed by atoms with Gasteiger partial charge >= 0.3 is 0 Å². The van der Waals surface area contributed by atoms with Crippen molar-refractivity contribution in [1.29, 1.82) is 0 Å². The van der Waals surface area contributed by atoms with Gasteiger partial charge in [-0.2, -0.15) is 0 Å². The zero-order chi connectivity index (χ0) is 59.3. The molecule has 0 aromatic heterocycles. The molecule has 0 radical (unpaired) electrons. The van der Waals surface area contributed by atoms with Crippen LogP contribution in [0.4, 0.5) is 0 Å². The molecule has 3 aromatic carbocycles. The van der Waals surface area contributed by atoms with E-state index in [0.717, 1.165) is 42.9 Å². The van der Waals surface area contributed by atoms with Gasteiger partial charge in [-0.1, -0.05) is 126 Å². The first-order valence-corrected chi connectivity index (χ1v) is 28.6. The molecular formula is C58H89N13O10. The lowest BCUT2D eigenvalue weighted by Crippen LogP contribution is -2.61. The van der Waals surface area contributed by atoms with Gasteiger partial charge in [0.25, 0.3) is 0 Å². The van der Waals surface area contributed by atoms with Crippen LogP contribution in [0.25, 0.3) is 10.8 Å². The fourth-order valence-electron chi connectivity index (χ4n) is 9.59. The van der Waals surface area contributed by atoms with Crippen molar-refractivity contribution < 1.29 is 48.3 Å². The van der Waals surface area contributed by atoms with Gasteiger partial charge in [0.05, 0.1) is 12.5 Å². The quantitative estimate of drug-likeness (QED) is 0.0480. The third-order valence-electron chi connectivity index (χ3n) is 14.0. The molecule has 3 aromatic rings. The molecule has 1 aliphatic rings. The van der Waals surface area contributed by atoms with Gasteiger partial charge in [0.1, 0.15) is 48.3 Å². The molecule has 23 heteroatoms. The van der Waals surface area contributed by atoms with E-state index in [0.29, 0.717) is 17.5 Å². The van der Waals surface area contributed by atoms with Crippen molar-refractivity contribution in [3.05, 3.63) is 83.9 Å². The van der Waals surface area contributed by atoms with Crippen LogP contribution >= 0.6 is 0 Å². The van der Waals surface area contributed by atoms with Crippen molar-refractivity contribution in [1.82, 2.24) is 47.9 Å². The van der Waals surface area contributed by atoms with Crippen LogP contribution in [0.5, 0.6) is 0 Å². The Kier molecular flexibility index (Phi) is 29.2. The van der Waals surface area contributed by atoms with Crippen LogP contribution < -0.4 is 70.8 Å². The number of carbonyl (C=O) groups is 9. The largest absolute Gasteiger partial charge is 0.393 e. The minimum atomic E-state index is -1.51. The summed E-state index contributed by atoms with van der Waals surface area (Å²) in [7, 11) is 0. The Morgan fingerprint density at radius 2 is 1.10 bits per heavy atom. The number of nitrogens with two attached hydrogens (primary N) is 4. The molecule has 9 atom stereocenters. The molecule has 23 nitrogen and oxygen atoms in total. The first-order valence-electron chi connectivity index (χ1n) is 28.6. The summed E-state index contributed by atoms with van der Waals surface area (Å²) in [5.41, 5.74) is 25.2. The normalized spacial score (nSPS) is 22.0. The Balaban J connectivity index is 1.79. The number of nitrogens with one attached hydrogen (secondary N) is 9. The summed E-state index contributed by atoms with van der Waals surface area (Å²) in [6.45, 7) is 5.13. The highest BCUT2D eigenvalue weighted by atomic mass is 16.3. The molecule has 1 aliphatic heterocycles. The maximum atomic E-state index is 14.6. The summed E-state index contributed by atoms with van der Waals surface area (Å²) in [6, 6.07) is 11.0. The van der Waals surface area contributed by atoms with E-state index >= 15 is 0 Å². The van der Waals surface area contributed by atoms with Gasteiger partial charge in [-0.25, -0.2) is 0 Å². The second-order valence-corrected chi connectivity index (χ2v) is 21.2. The van der Waals surface area contributed by atoms with Crippen LogP contribution in [-0.2, 0) is 56.0 Å². The van der Waals surface area contributed by atoms with Crippen molar-refractivity contribution in [3.8, 4) is 0 Å². The van der Waals surface area contributed by atoms with Gasteiger partial charge in [0, 0.05) is 19.4 Å². The highest BCUT2D eigenvalue weighted by Gasteiger charge is 2.36. The number of carbonyl (C=O) groups excluding carboxylic acids is 9. The van der Waals surface area contributed by atoms with Crippen molar-refractivity contribution in [2.45, 2.75) is 172 Å². The number of hydrogen-bond donors (Lipinski definition) is 14. The van der Waals surface area contributed by atoms with Gasteiger partial charge in [0.2, 0.25) is 53.2 Å². The molecule has 446 valence electrons. The van der Waals surface area contributed by atoms with Gasteiger partial charge in [-0.15, -0.1) is 0 Å². The van der Waals surface area contributed by atoms with E-state index in [1.807, 2.05) is 50.2 Å². The zero-order valence-corrected chi connectivity index (χ0v) is 47.3. The monoisotopic (exact) mass is 1130 g/mol. The summed E-state index contributed by atoms with van der Waals surface area (Å²) < 4.78 is 0. The maximum Gasteiger partial charge on any atom is 0.243 e. The average Bonchev–Trinajstić information content (AvgIpc) is 3.43. The van der Waals surface area contributed by atoms with Crippen molar-refractivity contribution in [2.24, 2.45) is 28.9 Å². The summed E-state index contributed by atoms with van der Waals surface area (Å²) in [5.74, 6) is -7.13. The smallest absolute Gasteiger partial charge is 0.243 e. The number of hydrogen-bond acceptors (Lipinski definition) is 14. The van der Waals surface area contributed by atoms with Crippen molar-refractivity contribution in [2.75, 3.05) is 32.7 Å². The SMILES string of the molecule is CCCCCCC[C@@H](O)CC(=O)N[C@H](CCN)C(=O)N[C@H]1CCNC(=O)[C@H](Cc2cccc3ccccc23)NC(=O)[C@H](CCN)NC(=O)[C@H](CCN)NC(=O)[C@H](CC(C)C)NC(=O)[C@@H](Cc2ccccc2)NC(=O)[C@H](CCN)NC1=O. The molecule has 9 amide bonds. The topological polar surface area (TPSA) is 386 Å². The van der Waals surface area contributed by atoms with Crippen LogP contribution in [-0.4, -0.2) is 145 Å². The highest BCUT2D eigenvalue weighted by Crippen LogP contribution is 2.21. The summed E-state index contributed by atoms with van der Waals surface area (Å²) in [6.07, 6.45) is 3.18. The predicted octanol–water partition coefficient (Wildman–Crippen LogP) is -0.424. The van der Waals surface area contributed by atoms with Crippen LogP contribution in [0.3, 0.4) is 0 Å². The molecule has 1 saturated heterocycles. The lowest BCUT2D eigenvalue weighted by molar-refractivity contribution is -0.136. The highest BCUT2D eigenvalue weighted by molar-refractivity contribution is 5.98. The summed E-state index contributed by atoms with van der Waals surface area (Å²) in [5, 5.41) is 36.8. The lowest BCUT2D eigenvalue weighted by Gasteiger charge is -2.28. The average molecular weight is 1130 g/mol.